The van der Waals surface area contributed by atoms with Crippen molar-refractivity contribution < 1.29 is 22.0 Å². The van der Waals surface area contributed by atoms with Crippen molar-refractivity contribution >= 4 is 21.8 Å². The SMILES string of the molecule is C=C(C)C(F)(F)c1ccc(NS(=O)(=O)N(C)C)c(C(=O)NC23CC(C#N)(C2)C3)c1. The van der Waals surface area contributed by atoms with E-state index >= 15 is 0 Å². The van der Waals surface area contributed by atoms with Gasteiger partial charge in [0.25, 0.3) is 11.8 Å². The molecular weight excluding hydrogens is 402 g/mol. The third kappa shape index (κ3) is 3.49. The number of carbonyl (C=O) groups excluding carboxylic acids is 1. The molecule has 3 saturated carbocycles. The Morgan fingerprint density at radius 2 is 1.90 bits per heavy atom. The van der Waals surface area contributed by atoms with Crippen LogP contribution >= 0.6 is 0 Å². The number of allylic oxidation sites excluding steroid dienone is 1. The number of nitrogens with zero attached hydrogens (tertiary/aromatic N) is 2. The fourth-order valence-corrected chi connectivity index (χ4v) is 4.48. The molecule has 0 atom stereocenters. The molecule has 3 fully saturated rings. The maximum atomic E-state index is 14.4. The maximum absolute atomic E-state index is 14.4. The summed E-state index contributed by atoms with van der Waals surface area (Å²) in [7, 11) is -1.36. The van der Waals surface area contributed by atoms with E-state index < -0.39 is 44.1 Å². The van der Waals surface area contributed by atoms with Crippen LogP contribution < -0.4 is 10.0 Å². The Balaban J connectivity index is 1.96. The van der Waals surface area contributed by atoms with Gasteiger partial charge in [-0.05, 0) is 43.9 Å². The summed E-state index contributed by atoms with van der Waals surface area (Å²) < 4.78 is 56.4. The van der Waals surface area contributed by atoms with Gasteiger partial charge in [-0.1, -0.05) is 12.6 Å². The minimum absolute atomic E-state index is 0.112. The van der Waals surface area contributed by atoms with Crippen LogP contribution in [0.4, 0.5) is 14.5 Å². The van der Waals surface area contributed by atoms with Gasteiger partial charge >= 0.3 is 10.2 Å². The molecule has 0 heterocycles. The number of amides is 1. The molecule has 2 N–H and O–H groups in total. The molecule has 4 rings (SSSR count). The maximum Gasteiger partial charge on any atom is 0.301 e. The van der Waals surface area contributed by atoms with E-state index in [-0.39, 0.29) is 11.3 Å². The first-order valence-corrected chi connectivity index (χ1v) is 10.3. The highest BCUT2D eigenvalue weighted by atomic mass is 32.2. The molecule has 1 amide bonds. The van der Waals surface area contributed by atoms with Gasteiger partial charge in [-0.2, -0.15) is 26.8 Å². The van der Waals surface area contributed by atoms with Crippen LogP contribution in [-0.4, -0.2) is 38.3 Å². The molecule has 0 saturated heterocycles. The standard InChI is InChI=1S/C19H22F2N4O3S/c1-12(2)19(20,21)13-5-6-15(24-29(27,28)25(3)4)14(7-13)16(26)23-18-8-17(9-18,10-18)11-22/h5-7,24H,1,8-10H2,2-4H3,(H,23,26). The molecule has 0 spiro atoms. The molecule has 29 heavy (non-hydrogen) atoms. The van der Waals surface area contributed by atoms with Crippen LogP contribution in [-0.2, 0) is 16.1 Å². The van der Waals surface area contributed by atoms with Crippen molar-refractivity contribution in [3.05, 3.63) is 41.5 Å². The number of anilines is 1. The predicted octanol–water partition coefficient (Wildman–Crippen LogP) is 2.75. The van der Waals surface area contributed by atoms with Crippen LogP contribution in [0.3, 0.4) is 0 Å². The molecule has 0 radical (unpaired) electrons. The lowest BCUT2D eigenvalue weighted by Crippen LogP contribution is -2.74. The number of halogens is 2. The summed E-state index contributed by atoms with van der Waals surface area (Å²) in [5.74, 6) is -4.05. The van der Waals surface area contributed by atoms with Gasteiger partial charge in [0.1, 0.15) is 0 Å². The Morgan fingerprint density at radius 1 is 1.31 bits per heavy atom. The number of alkyl halides is 2. The second-order valence-electron chi connectivity index (χ2n) is 8.16. The highest BCUT2D eigenvalue weighted by Crippen LogP contribution is 2.66. The van der Waals surface area contributed by atoms with E-state index in [1.807, 2.05) is 0 Å². The van der Waals surface area contributed by atoms with E-state index in [2.05, 4.69) is 22.7 Å². The molecule has 2 bridgehead atoms. The summed E-state index contributed by atoms with van der Waals surface area (Å²) in [4.78, 5) is 12.9. The van der Waals surface area contributed by atoms with E-state index in [1.54, 1.807) is 0 Å². The zero-order valence-electron chi connectivity index (χ0n) is 16.3. The van der Waals surface area contributed by atoms with Crippen molar-refractivity contribution in [2.24, 2.45) is 5.41 Å². The second kappa shape index (κ2) is 6.50. The first kappa shape index (κ1) is 21.2. The fraction of sp³-hybridized carbons (Fsp3) is 0.474. The van der Waals surface area contributed by atoms with Gasteiger partial charge < -0.3 is 5.32 Å². The van der Waals surface area contributed by atoms with Crippen molar-refractivity contribution in [2.45, 2.75) is 37.6 Å². The molecule has 3 aliphatic rings. The van der Waals surface area contributed by atoms with Crippen LogP contribution in [0.15, 0.2) is 30.4 Å². The summed E-state index contributed by atoms with van der Waals surface area (Å²) >= 11 is 0. The van der Waals surface area contributed by atoms with Gasteiger partial charge in [-0.15, -0.1) is 0 Å². The van der Waals surface area contributed by atoms with E-state index in [9.17, 15) is 22.0 Å². The average molecular weight is 424 g/mol. The van der Waals surface area contributed by atoms with Crippen LogP contribution in [0.5, 0.6) is 0 Å². The highest BCUT2D eigenvalue weighted by Gasteiger charge is 2.69. The largest absolute Gasteiger partial charge is 0.346 e. The lowest BCUT2D eigenvalue weighted by atomic mass is 9.40. The molecule has 0 unspecified atom stereocenters. The quantitative estimate of drug-likeness (QED) is 0.657. The molecule has 1 aromatic carbocycles. The summed E-state index contributed by atoms with van der Waals surface area (Å²) in [5.41, 5.74) is -2.13. The number of hydrogen-bond donors (Lipinski definition) is 2. The minimum Gasteiger partial charge on any atom is -0.346 e. The highest BCUT2D eigenvalue weighted by molar-refractivity contribution is 7.90. The summed E-state index contributed by atoms with van der Waals surface area (Å²) in [6.45, 7) is 4.46. The number of nitrogens with one attached hydrogen (secondary N) is 2. The molecule has 0 aromatic heterocycles. The van der Waals surface area contributed by atoms with Crippen molar-refractivity contribution in [1.82, 2.24) is 9.62 Å². The van der Waals surface area contributed by atoms with E-state index in [0.717, 1.165) is 22.5 Å². The lowest BCUT2D eigenvalue weighted by molar-refractivity contribution is -0.102. The lowest BCUT2D eigenvalue weighted by Gasteiger charge is -2.66. The van der Waals surface area contributed by atoms with E-state index in [0.29, 0.717) is 19.3 Å². The van der Waals surface area contributed by atoms with Crippen molar-refractivity contribution in [3.63, 3.8) is 0 Å². The summed E-state index contributed by atoms with van der Waals surface area (Å²) in [5, 5.41) is 11.9. The first-order chi connectivity index (χ1) is 13.3. The first-order valence-electron chi connectivity index (χ1n) is 8.88. The smallest absolute Gasteiger partial charge is 0.301 e. The molecule has 10 heteroatoms. The van der Waals surface area contributed by atoms with Crippen LogP contribution in [0.25, 0.3) is 0 Å². The van der Waals surface area contributed by atoms with E-state index in [1.165, 1.54) is 21.0 Å². The number of benzene rings is 1. The van der Waals surface area contributed by atoms with Crippen molar-refractivity contribution in [2.75, 3.05) is 18.8 Å². The Labute approximate surface area is 168 Å². The molecule has 7 nitrogen and oxygen atoms in total. The normalized spacial score (nSPS) is 25.4. The fourth-order valence-electron chi connectivity index (χ4n) is 3.84. The van der Waals surface area contributed by atoms with Gasteiger partial charge in [-0.25, -0.2) is 0 Å². The predicted molar refractivity (Wildman–Crippen MR) is 103 cm³/mol. The number of nitriles is 1. The zero-order chi connectivity index (χ0) is 21.8. The number of carbonyl (C=O) groups is 1. The van der Waals surface area contributed by atoms with Crippen LogP contribution in [0, 0.1) is 16.7 Å². The Morgan fingerprint density at radius 3 is 2.38 bits per heavy atom. The second-order valence-corrected chi connectivity index (χ2v) is 10.0. The van der Waals surface area contributed by atoms with Gasteiger partial charge in [-0.3, -0.25) is 9.52 Å². The van der Waals surface area contributed by atoms with Crippen LogP contribution in [0.1, 0.15) is 42.1 Å². The Bertz CT molecular complexity index is 1020. The Hall–Kier alpha value is -2.51. The molecule has 1 aromatic rings. The Kier molecular flexibility index (Phi) is 4.75. The molecule has 3 aliphatic carbocycles. The van der Waals surface area contributed by atoms with Gasteiger partial charge in [0.2, 0.25) is 0 Å². The summed E-state index contributed by atoms with van der Waals surface area (Å²) in [6.07, 6.45) is 1.51. The monoisotopic (exact) mass is 424 g/mol. The van der Waals surface area contributed by atoms with Gasteiger partial charge in [0, 0.05) is 25.2 Å². The zero-order valence-corrected chi connectivity index (χ0v) is 17.2. The van der Waals surface area contributed by atoms with E-state index in [4.69, 9.17) is 5.26 Å². The summed E-state index contributed by atoms with van der Waals surface area (Å²) in [6, 6.07) is 5.40. The topological polar surface area (TPSA) is 102 Å². The van der Waals surface area contributed by atoms with Gasteiger partial charge in [0.05, 0.1) is 22.7 Å². The van der Waals surface area contributed by atoms with Crippen LogP contribution in [0.2, 0.25) is 0 Å². The van der Waals surface area contributed by atoms with Crippen molar-refractivity contribution in [1.29, 1.82) is 5.26 Å². The minimum atomic E-state index is -3.96. The van der Waals surface area contributed by atoms with Gasteiger partial charge in [0.15, 0.2) is 0 Å². The molecule has 156 valence electrons. The third-order valence-corrected chi connectivity index (χ3v) is 6.97. The third-order valence-electron chi connectivity index (χ3n) is 5.53. The molecule has 0 aliphatic heterocycles. The van der Waals surface area contributed by atoms with Crippen molar-refractivity contribution in [3.8, 4) is 6.07 Å². The average Bonchev–Trinajstić information content (AvgIpc) is 2.56. The molecular formula is C19H22F2N4O3S. The number of hydrogen-bond acceptors (Lipinski definition) is 4. The number of rotatable bonds is 7.